The molecule has 3 aromatic heterocycles. The number of aromatic nitrogens is 4. The average Bonchev–Trinajstić information content (AvgIpc) is 3.49. The van der Waals surface area contributed by atoms with Gasteiger partial charge in [0.05, 0.1) is 40.9 Å². The van der Waals surface area contributed by atoms with Gasteiger partial charge in [0.15, 0.2) is 6.23 Å². The van der Waals surface area contributed by atoms with Crippen molar-refractivity contribution >= 4 is 27.6 Å². The quantitative estimate of drug-likeness (QED) is 0.566. The van der Waals surface area contributed by atoms with Crippen molar-refractivity contribution in [2.75, 3.05) is 51.4 Å². The predicted molar refractivity (Wildman–Crippen MR) is 140 cm³/mol. The van der Waals surface area contributed by atoms with E-state index in [0.717, 1.165) is 84.2 Å². The fourth-order valence-corrected chi connectivity index (χ4v) is 6.66. The number of likely N-dealkylation sites (tertiary alicyclic amines) is 1. The maximum atomic E-state index is 11.9. The number of fused-ring (bicyclic) bond motifs is 1. The zero-order valence-corrected chi connectivity index (χ0v) is 22.3. The van der Waals surface area contributed by atoms with Crippen molar-refractivity contribution < 1.29 is 14.6 Å². The number of rotatable bonds is 4. The molecule has 10 heteroatoms. The maximum Gasteiger partial charge on any atom is 0.150 e. The lowest BCUT2D eigenvalue weighted by Gasteiger charge is -2.38. The van der Waals surface area contributed by atoms with Crippen LogP contribution in [0.25, 0.3) is 21.6 Å². The van der Waals surface area contributed by atoms with Crippen LogP contribution in [0.3, 0.4) is 0 Å². The van der Waals surface area contributed by atoms with Gasteiger partial charge < -0.3 is 24.4 Å². The molecule has 9 nitrogen and oxygen atoms in total. The van der Waals surface area contributed by atoms with E-state index in [1.807, 2.05) is 11.6 Å². The van der Waals surface area contributed by atoms with Gasteiger partial charge in [-0.05, 0) is 76.7 Å². The van der Waals surface area contributed by atoms with E-state index >= 15 is 0 Å². The summed E-state index contributed by atoms with van der Waals surface area (Å²) >= 11 is 1.44. The first-order valence-electron chi connectivity index (χ1n) is 13.2. The van der Waals surface area contributed by atoms with Crippen LogP contribution < -0.4 is 4.90 Å². The second-order valence-electron chi connectivity index (χ2n) is 10.6. The summed E-state index contributed by atoms with van der Waals surface area (Å²) in [6.07, 6.45) is 4.47. The van der Waals surface area contributed by atoms with Crippen LogP contribution in [0, 0.1) is 6.92 Å². The van der Waals surface area contributed by atoms with E-state index in [4.69, 9.17) is 23.9 Å². The zero-order chi connectivity index (χ0) is 24.9. The van der Waals surface area contributed by atoms with Gasteiger partial charge in [-0.3, -0.25) is 0 Å². The Morgan fingerprint density at radius 3 is 2.72 bits per heavy atom. The standard InChI is InChI=1S/C26H36N6O3S/c1-17-14-20(32(28-17)22-6-4-5-12-35-22)23-24-25(36-29-23)19(26(33)7-9-30(3)10-8-26)15-21(27-24)31-11-13-34-16-18(31)2/h14-15,18,22,33H,4-13,16H2,1-3H3/t18-,22?/m1/s1. The van der Waals surface area contributed by atoms with E-state index in [1.54, 1.807) is 0 Å². The van der Waals surface area contributed by atoms with Gasteiger partial charge in [-0.15, -0.1) is 0 Å². The summed E-state index contributed by atoms with van der Waals surface area (Å²) in [6, 6.07) is 4.41. The van der Waals surface area contributed by atoms with E-state index in [9.17, 15) is 5.11 Å². The van der Waals surface area contributed by atoms with Gasteiger partial charge in [0.1, 0.15) is 17.0 Å². The number of nitrogens with zero attached hydrogens (tertiary/aromatic N) is 6. The molecule has 3 saturated heterocycles. The molecule has 0 aromatic carbocycles. The van der Waals surface area contributed by atoms with Gasteiger partial charge in [0.2, 0.25) is 0 Å². The fraction of sp³-hybridized carbons (Fsp3) is 0.654. The molecule has 194 valence electrons. The lowest BCUT2D eigenvalue weighted by Crippen LogP contribution is -2.44. The van der Waals surface area contributed by atoms with E-state index in [0.29, 0.717) is 26.1 Å². The molecule has 36 heavy (non-hydrogen) atoms. The maximum absolute atomic E-state index is 11.9. The van der Waals surface area contributed by atoms with E-state index < -0.39 is 5.60 Å². The Morgan fingerprint density at radius 2 is 1.97 bits per heavy atom. The van der Waals surface area contributed by atoms with E-state index in [-0.39, 0.29) is 12.3 Å². The molecule has 3 aliphatic rings. The Balaban J connectivity index is 1.51. The molecule has 0 spiro atoms. The zero-order valence-electron chi connectivity index (χ0n) is 21.4. The summed E-state index contributed by atoms with van der Waals surface area (Å²) in [5.41, 5.74) is 3.60. The molecule has 1 unspecified atom stereocenters. The molecule has 3 aromatic rings. The number of morpholine rings is 1. The first-order valence-corrected chi connectivity index (χ1v) is 13.9. The first-order chi connectivity index (χ1) is 17.4. The monoisotopic (exact) mass is 512 g/mol. The number of hydrogen-bond donors (Lipinski definition) is 1. The van der Waals surface area contributed by atoms with Crippen LogP contribution in [0.2, 0.25) is 0 Å². The number of aliphatic hydroxyl groups is 1. The SMILES string of the molecule is Cc1cc(-c2nsc3c(C4(O)CCN(C)CC4)cc(N4CCOC[C@H]4C)nc23)n(C2CCCCO2)n1. The molecule has 0 bridgehead atoms. The summed E-state index contributed by atoms with van der Waals surface area (Å²) in [4.78, 5) is 9.78. The Morgan fingerprint density at radius 1 is 1.14 bits per heavy atom. The van der Waals surface area contributed by atoms with Crippen LogP contribution in [0.5, 0.6) is 0 Å². The summed E-state index contributed by atoms with van der Waals surface area (Å²) in [7, 11) is 2.12. The smallest absolute Gasteiger partial charge is 0.150 e. The molecule has 0 saturated carbocycles. The highest BCUT2D eigenvalue weighted by Gasteiger charge is 2.37. The minimum absolute atomic E-state index is 0.0841. The van der Waals surface area contributed by atoms with Crippen LogP contribution in [0.4, 0.5) is 5.82 Å². The summed E-state index contributed by atoms with van der Waals surface area (Å²) in [6.45, 7) is 8.78. The van der Waals surface area contributed by atoms with Crippen molar-refractivity contribution in [1.82, 2.24) is 24.0 Å². The number of anilines is 1. The second kappa shape index (κ2) is 9.64. The highest BCUT2D eigenvalue weighted by Crippen LogP contribution is 2.43. The Labute approximate surface area is 216 Å². The molecule has 3 aliphatic heterocycles. The Kier molecular flexibility index (Phi) is 6.49. The number of hydrogen-bond acceptors (Lipinski definition) is 9. The third kappa shape index (κ3) is 4.32. The second-order valence-corrected chi connectivity index (χ2v) is 11.4. The molecule has 6 heterocycles. The molecule has 6 rings (SSSR count). The molecular weight excluding hydrogens is 476 g/mol. The van der Waals surface area contributed by atoms with Crippen molar-refractivity contribution in [3.63, 3.8) is 0 Å². The number of aryl methyl sites for hydroxylation is 1. The lowest BCUT2D eigenvalue weighted by atomic mass is 9.84. The van der Waals surface area contributed by atoms with E-state index in [1.165, 1.54) is 11.5 Å². The molecular formula is C26H36N6O3S. The van der Waals surface area contributed by atoms with Crippen LogP contribution in [-0.2, 0) is 15.1 Å². The first kappa shape index (κ1) is 24.2. The molecule has 0 aliphatic carbocycles. The minimum atomic E-state index is -0.898. The van der Waals surface area contributed by atoms with Crippen LogP contribution in [0.15, 0.2) is 12.1 Å². The van der Waals surface area contributed by atoms with E-state index in [2.05, 4.69) is 35.9 Å². The van der Waals surface area contributed by atoms with Crippen LogP contribution in [0.1, 0.15) is 56.5 Å². The average molecular weight is 513 g/mol. The van der Waals surface area contributed by atoms with Crippen LogP contribution in [-0.4, -0.2) is 81.7 Å². The van der Waals surface area contributed by atoms with Crippen molar-refractivity contribution in [1.29, 1.82) is 0 Å². The molecule has 1 N–H and O–H groups in total. The summed E-state index contributed by atoms with van der Waals surface area (Å²) in [5, 5.41) is 16.7. The Bertz CT molecular complexity index is 1230. The minimum Gasteiger partial charge on any atom is -0.385 e. The normalized spacial score (nSPS) is 25.5. The third-order valence-corrected chi connectivity index (χ3v) is 8.79. The lowest BCUT2D eigenvalue weighted by molar-refractivity contribution is -0.0385. The van der Waals surface area contributed by atoms with Gasteiger partial charge in [0, 0.05) is 31.8 Å². The van der Waals surface area contributed by atoms with Gasteiger partial charge in [0.25, 0.3) is 0 Å². The van der Waals surface area contributed by atoms with Crippen molar-refractivity contribution in [2.24, 2.45) is 0 Å². The van der Waals surface area contributed by atoms with Gasteiger partial charge in [-0.1, -0.05) is 0 Å². The third-order valence-electron chi connectivity index (χ3n) is 7.92. The molecule has 3 fully saturated rings. The topological polar surface area (TPSA) is 88.8 Å². The molecule has 2 atom stereocenters. The van der Waals surface area contributed by atoms with Crippen LogP contribution >= 0.6 is 11.5 Å². The van der Waals surface area contributed by atoms with Crippen molar-refractivity contribution in [3.8, 4) is 11.4 Å². The summed E-state index contributed by atoms with van der Waals surface area (Å²) in [5.74, 6) is 0.888. The Hall–Kier alpha value is -2.11. The highest BCUT2D eigenvalue weighted by molar-refractivity contribution is 7.13. The fourth-order valence-electron chi connectivity index (χ4n) is 5.72. The highest BCUT2D eigenvalue weighted by atomic mass is 32.1. The van der Waals surface area contributed by atoms with Crippen molar-refractivity contribution in [3.05, 3.63) is 23.4 Å². The number of piperidine rings is 1. The molecule has 0 radical (unpaired) electrons. The molecule has 0 amide bonds. The van der Waals surface area contributed by atoms with Gasteiger partial charge >= 0.3 is 0 Å². The van der Waals surface area contributed by atoms with Crippen molar-refractivity contribution in [2.45, 2.75) is 63.8 Å². The number of ether oxygens (including phenoxy) is 2. The number of pyridine rings is 1. The van der Waals surface area contributed by atoms with Gasteiger partial charge in [-0.2, -0.15) is 9.47 Å². The predicted octanol–water partition coefficient (Wildman–Crippen LogP) is 3.70. The van der Waals surface area contributed by atoms with Gasteiger partial charge in [-0.25, -0.2) is 9.67 Å². The largest absolute Gasteiger partial charge is 0.385 e. The summed E-state index contributed by atoms with van der Waals surface area (Å²) < 4.78 is 19.7.